The molecule has 0 atom stereocenters. The number of nitrogens with one attached hydrogen (secondary N) is 1. The van der Waals surface area contributed by atoms with Crippen molar-refractivity contribution >= 4 is 29.3 Å². The van der Waals surface area contributed by atoms with E-state index in [0.29, 0.717) is 23.7 Å². The summed E-state index contributed by atoms with van der Waals surface area (Å²) < 4.78 is 23.4. The van der Waals surface area contributed by atoms with Crippen molar-refractivity contribution in [2.24, 2.45) is 0 Å². The van der Waals surface area contributed by atoms with Crippen molar-refractivity contribution in [2.75, 3.05) is 38.1 Å². The highest BCUT2D eigenvalue weighted by Gasteiger charge is 2.14. The number of nitrogens with zero attached hydrogens (tertiary/aromatic N) is 1. The average Bonchev–Trinajstić information content (AvgIpc) is 2.69. The SMILES string of the molecule is COc1ccc(CN(C)C(=O)CSCC(=O)Nc2ccc(F)cc2)c(OC)c1. The lowest BCUT2D eigenvalue weighted by Gasteiger charge is -2.19. The van der Waals surface area contributed by atoms with Crippen molar-refractivity contribution in [3.63, 3.8) is 0 Å². The molecule has 0 aliphatic rings. The van der Waals surface area contributed by atoms with Crippen molar-refractivity contribution in [3.8, 4) is 11.5 Å². The predicted octanol–water partition coefficient (Wildman–Crippen LogP) is 3.17. The Balaban J connectivity index is 1.79. The first kappa shape index (κ1) is 21.6. The molecule has 0 aliphatic carbocycles. The summed E-state index contributed by atoms with van der Waals surface area (Å²) in [5.41, 5.74) is 1.38. The Morgan fingerprint density at radius 2 is 1.79 bits per heavy atom. The summed E-state index contributed by atoms with van der Waals surface area (Å²) in [4.78, 5) is 25.8. The number of hydrogen-bond acceptors (Lipinski definition) is 5. The second-order valence-corrected chi connectivity index (χ2v) is 6.96. The molecule has 2 rings (SSSR count). The van der Waals surface area contributed by atoms with Crippen LogP contribution in [0.5, 0.6) is 11.5 Å². The maximum Gasteiger partial charge on any atom is 0.234 e. The maximum atomic E-state index is 12.9. The van der Waals surface area contributed by atoms with E-state index in [-0.39, 0.29) is 29.1 Å². The van der Waals surface area contributed by atoms with Gasteiger partial charge in [-0.3, -0.25) is 9.59 Å². The highest BCUT2D eigenvalue weighted by Crippen LogP contribution is 2.25. The van der Waals surface area contributed by atoms with E-state index in [4.69, 9.17) is 9.47 Å². The zero-order valence-electron chi connectivity index (χ0n) is 16.0. The van der Waals surface area contributed by atoms with E-state index in [1.165, 1.54) is 36.0 Å². The van der Waals surface area contributed by atoms with Gasteiger partial charge in [-0.15, -0.1) is 11.8 Å². The van der Waals surface area contributed by atoms with Crippen LogP contribution in [0.25, 0.3) is 0 Å². The summed E-state index contributed by atoms with van der Waals surface area (Å²) in [6.07, 6.45) is 0. The predicted molar refractivity (Wildman–Crippen MR) is 108 cm³/mol. The number of carbonyl (C=O) groups is 2. The molecule has 0 radical (unpaired) electrons. The summed E-state index contributed by atoms with van der Waals surface area (Å²) in [5, 5.41) is 2.66. The molecule has 2 aromatic carbocycles. The average molecular weight is 406 g/mol. The zero-order chi connectivity index (χ0) is 20.5. The molecule has 0 unspecified atom stereocenters. The fraction of sp³-hybridized carbons (Fsp3) is 0.300. The lowest BCUT2D eigenvalue weighted by Crippen LogP contribution is -2.28. The molecule has 0 bridgehead atoms. The van der Waals surface area contributed by atoms with Crippen LogP contribution in [0.2, 0.25) is 0 Å². The van der Waals surface area contributed by atoms with Gasteiger partial charge in [-0.05, 0) is 36.4 Å². The third-order valence-corrected chi connectivity index (χ3v) is 4.83. The van der Waals surface area contributed by atoms with E-state index in [9.17, 15) is 14.0 Å². The van der Waals surface area contributed by atoms with Crippen LogP contribution in [0.4, 0.5) is 10.1 Å². The van der Waals surface area contributed by atoms with E-state index in [1.54, 1.807) is 32.2 Å². The van der Waals surface area contributed by atoms with Gasteiger partial charge in [-0.25, -0.2) is 4.39 Å². The van der Waals surface area contributed by atoms with Crippen molar-refractivity contribution in [2.45, 2.75) is 6.54 Å². The van der Waals surface area contributed by atoms with Crippen molar-refractivity contribution < 1.29 is 23.5 Å². The Kier molecular flexibility index (Phi) is 8.13. The van der Waals surface area contributed by atoms with Gasteiger partial charge in [0.25, 0.3) is 0 Å². The first-order valence-corrected chi connectivity index (χ1v) is 9.66. The van der Waals surface area contributed by atoms with Crippen LogP contribution >= 0.6 is 11.8 Å². The molecule has 0 heterocycles. The molecule has 0 fully saturated rings. The van der Waals surface area contributed by atoms with Crippen LogP contribution in [0.1, 0.15) is 5.56 Å². The van der Waals surface area contributed by atoms with Gasteiger partial charge in [-0.2, -0.15) is 0 Å². The molecule has 8 heteroatoms. The van der Waals surface area contributed by atoms with Crippen LogP contribution in [0, 0.1) is 5.82 Å². The molecule has 0 saturated carbocycles. The quantitative estimate of drug-likeness (QED) is 0.693. The third-order valence-electron chi connectivity index (χ3n) is 3.91. The minimum atomic E-state index is -0.366. The standard InChI is InChI=1S/C20H23FN2O4S/c1-23(11-14-4-9-17(26-2)10-18(14)27-3)20(25)13-28-12-19(24)22-16-7-5-15(21)6-8-16/h4-10H,11-13H2,1-3H3,(H,22,24). The minimum Gasteiger partial charge on any atom is -0.497 e. The Labute approximate surface area is 168 Å². The largest absolute Gasteiger partial charge is 0.497 e. The van der Waals surface area contributed by atoms with Gasteiger partial charge in [0.2, 0.25) is 11.8 Å². The van der Waals surface area contributed by atoms with Crippen LogP contribution < -0.4 is 14.8 Å². The van der Waals surface area contributed by atoms with Gasteiger partial charge in [0.05, 0.1) is 25.7 Å². The van der Waals surface area contributed by atoms with Gasteiger partial charge in [0.15, 0.2) is 0 Å². The van der Waals surface area contributed by atoms with Crippen molar-refractivity contribution in [1.82, 2.24) is 4.90 Å². The Hall–Kier alpha value is -2.74. The third kappa shape index (κ3) is 6.45. The number of ether oxygens (including phenoxy) is 2. The zero-order valence-corrected chi connectivity index (χ0v) is 16.8. The molecule has 0 saturated heterocycles. The lowest BCUT2D eigenvalue weighted by molar-refractivity contribution is -0.127. The fourth-order valence-electron chi connectivity index (χ4n) is 2.40. The van der Waals surface area contributed by atoms with Crippen molar-refractivity contribution in [1.29, 1.82) is 0 Å². The molecule has 0 aliphatic heterocycles. The normalized spacial score (nSPS) is 10.3. The Bertz CT molecular complexity index is 814. The van der Waals surface area contributed by atoms with Gasteiger partial charge >= 0.3 is 0 Å². The van der Waals surface area contributed by atoms with E-state index >= 15 is 0 Å². The number of methoxy groups -OCH3 is 2. The second-order valence-electron chi connectivity index (χ2n) is 5.98. The number of carbonyl (C=O) groups excluding carboxylic acids is 2. The minimum absolute atomic E-state index is 0.0996. The van der Waals surface area contributed by atoms with E-state index < -0.39 is 0 Å². The monoisotopic (exact) mass is 406 g/mol. The first-order valence-electron chi connectivity index (χ1n) is 8.51. The van der Waals surface area contributed by atoms with Crippen LogP contribution in [-0.4, -0.2) is 49.5 Å². The van der Waals surface area contributed by atoms with E-state index in [0.717, 1.165) is 5.56 Å². The topological polar surface area (TPSA) is 67.9 Å². The summed E-state index contributed by atoms with van der Waals surface area (Å²) in [6, 6.07) is 10.9. The van der Waals surface area contributed by atoms with Gasteiger partial charge in [0.1, 0.15) is 17.3 Å². The van der Waals surface area contributed by atoms with Crippen LogP contribution in [0.3, 0.4) is 0 Å². The van der Waals surface area contributed by atoms with Crippen LogP contribution in [-0.2, 0) is 16.1 Å². The highest BCUT2D eigenvalue weighted by atomic mass is 32.2. The number of thioether (sulfide) groups is 1. The molecular weight excluding hydrogens is 383 g/mol. The number of anilines is 1. The Morgan fingerprint density at radius 3 is 2.43 bits per heavy atom. The number of hydrogen-bond donors (Lipinski definition) is 1. The molecule has 1 N–H and O–H groups in total. The smallest absolute Gasteiger partial charge is 0.234 e. The van der Waals surface area contributed by atoms with E-state index in [2.05, 4.69) is 5.32 Å². The second kappa shape index (κ2) is 10.6. The van der Waals surface area contributed by atoms with Crippen molar-refractivity contribution in [3.05, 3.63) is 53.8 Å². The number of rotatable bonds is 9. The molecule has 0 spiro atoms. The summed E-state index contributed by atoms with van der Waals surface area (Å²) >= 11 is 1.22. The van der Waals surface area contributed by atoms with Gasteiger partial charge < -0.3 is 19.7 Å². The summed E-state index contributed by atoms with van der Waals surface area (Å²) in [5.74, 6) is 0.910. The molecule has 28 heavy (non-hydrogen) atoms. The van der Waals surface area contributed by atoms with E-state index in [1.807, 2.05) is 12.1 Å². The molecule has 6 nitrogen and oxygen atoms in total. The number of amides is 2. The molecular formula is C20H23FN2O4S. The summed E-state index contributed by atoms with van der Waals surface area (Å²) in [6.45, 7) is 0.383. The maximum absolute atomic E-state index is 12.9. The number of halogens is 1. The van der Waals surface area contributed by atoms with Gasteiger partial charge in [-0.1, -0.05) is 0 Å². The first-order chi connectivity index (χ1) is 13.4. The molecule has 2 amide bonds. The lowest BCUT2D eigenvalue weighted by atomic mass is 10.2. The summed E-state index contributed by atoms with van der Waals surface area (Å²) in [7, 11) is 4.84. The molecule has 2 aromatic rings. The Morgan fingerprint density at radius 1 is 1.07 bits per heavy atom. The van der Waals surface area contributed by atoms with Crippen LogP contribution in [0.15, 0.2) is 42.5 Å². The molecule has 150 valence electrons. The van der Waals surface area contributed by atoms with Gasteiger partial charge in [0, 0.05) is 30.9 Å². The molecule has 0 aromatic heterocycles. The highest BCUT2D eigenvalue weighted by molar-refractivity contribution is 8.00. The number of benzene rings is 2. The fourth-order valence-corrected chi connectivity index (χ4v) is 3.15.